The molecule has 3 aromatic rings. The lowest BCUT2D eigenvalue weighted by Crippen LogP contribution is -2.42. The number of anilines is 1. The van der Waals surface area contributed by atoms with Gasteiger partial charge in [-0.1, -0.05) is 23.7 Å². The molecule has 2 aromatic heterocycles. The Balaban J connectivity index is 1.23. The van der Waals surface area contributed by atoms with Gasteiger partial charge in [0.25, 0.3) is 5.91 Å². The van der Waals surface area contributed by atoms with Gasteiger partial charge in [-0.3, -0.25) is 9.48 Å². The first kappa shape index (κ1) is 24.8. The lowest BCUT2D eigenvalue weighted by Gasteiger charge is -2.37. The average Bonchev–Trinajstić information content (AvgIpc) is 3.33. The lowest BCUT2D eigenvalue weighted by atomic mass is 9.80. The van der Waals surface area contributed by atoms with Crippen molar-refractivity contribution >= 4 is 29.4 Å². The van der Waals surface area contributed by atoms with Gasteiger partial charge in [-0.15, -0.1) is 0 Å². The number of nitrogens with zero attached hydrogens (tertiary/aromatic N) is 5. The van der Waals surface area contributed by atoms with E-state index in [1.165, 1.54) is 0 Å². The van der Waals surface area contributed by atoms with Crippen molar-refractivity contribution in [2.24, 2.45) is 23.0 Å². The number of carbonyl (C=O) groups is 2. The van der Waals surface area contributed by atoms with Crippen LogP contribution in [0, 0.1) is 17.3 Å². The molecule has 0 radical (unpaired) electrons. The summed E-state index contributed by atoms with van der Waals surface area (Å²) in [6, 6.07) is 7.75. The van der Waals surface area contributed by atoms with E-state index in [1.54, 1.807) is 17.9 Å². The monoisotopic (exact) mass is 537 g/mol. The smallest absolute Gasteiger partial charge is 0.410 e. The molecule has 10 nitrogen and oxygen atoms in total. The number of piperidine rings is 1. The number of hydrogen-bond donors (Lipinski definition) is 2. The number of ether oxygens (including phenoxy) is 1. The largest absolute Gasteiger partial charge is 0.444 e. The maximum absolute atomic E-state index is 12.6. The number of nitrogens with two attached hydrogens (primary N) is 1. The summed E-state index contributed by atoms with van der Waals surface area (Å²) in [6.45, 7) is 7.58. The third-order valence-corrected chi connectivity index (χ3v) is 8.37. The van der Waals surface area contributed by atoms with Gasteiger partial charge in [0.15, 0.2) is 0 Å². The van der Waals surface area contributed by atoms with Crippen LogP contribution < -0.4 is 11.1 Å². The van der Waals surface area contributed by atoms with Gasteiger partial charge < -0.3 is 20.7 Å². The molecule has 6 rings (SSSR count). The Morgan fingerprint density at radius 2 is 2.11 bits per heavy atom. The summed E-state index contributed by atoms with van der Waals surface area (Å²) in [4.78, 5) is 27.0. The van der Waals surface area contributed by atoms with E-state index in [0.29, 0.717) is 53.6 Å². The minimum absolute atomic E-state index is 0.118. The van der Waals surface area contributed by atoms with Crippen LogP contribution in [0.25, 0.3) is 11.3 Å². The summed E-state index contributed by atoms with van der Waals surface area (Å²) in [6.07, 6.45) is 4.22. The molecule has 0 bridgehead atoms. The van der Waals surface area contributed by atoms with E-state index in [1.807, 2.05) is 60.8 Å². The fourth-order valence-electron chi connectivity index (χ4n) is 6.60. The zero-order chi connectivity index (χ0) is 27.0. The van der Waals surface area contributed by atoms with Gasteiger partial charge in [-0.05, 0) is 56.7 Å². The van der Waals surface area contributed by atoms with Crippen LogP contribution in [0.4, 0.5) is 10.6 Å². The highest BCUT2D eigenvalue weighted by atomic mass is 35.5. The Morgan fingerprint density at radius 1 is 1.32 bits per heavy atom. The van der Waals surface area contributed by atoms with E-state index in [4.69, 9.17) is 27.2 Å². The van der Waals surface area contributed by atoms with Crippen molar-refractivity contribution in [3.8, 4) is 11.3 Å². The number of primary amides is 1. The molecule has 2 amide bonds. The topological polar surface area (TPSA) is 120 Å². The second-order valence-electron chi connectivity index (χ2n) is 11.7. The second kappa shape index (κ2) is 8.49. The van der Waals surface area contributed by atoms with E-state index >= 15 is 0 Å². The van der Waals surface area contributed by atoms with Crippen LogP contribution >= 0.6 is 11.6 Å². The fourth-order valence-corrected chi connectivity index (χ4v) is 6.81. The van der Waals surface area contributed by atoms with E-state index in [9.17, 15) is 9.59 Å². The standard InChI is InChI=1S/C27H32ClN7O3/c1-26(2,3)38-25(37)33-13-18-21-19(9-27(18,21)14-33)35-24(30-4)20(23(29)36)22(32-35)16-10-31-34(12-16)11-15-6-5-7-17(28)8-15/h5-8,10,12,18-19,21,30H,9,11,13-14H2,1-4H3,(H2,29,36)/t18?,19-,21-,27+/m1/s1. The Morgan fingerprint density at radius 3 is 2.76 bits per heavy atom. The molecular weight excluding hydrogens is 506 g/mol. The number of rotatable bonds is 6. The first-order chi connectivity index (χ1) is 18.0. The van der Waals surface area contributed by atoms with Gasteiger partial charge >= 0.3 is 6.09 Å². The third kappa shape index (κ3) is 3.93. The highest BCUT2D eigenvalue weighted by molar-refractivity contribution is 6.30. The SMILES string of the molecule is CNc1c(C(N)=O)c(-c2cnn(Cc3cccc(Cl)c3)c2)nn1[C@@H]1C[C@]23CN(C(=O)OC(C)(C)C)CC2[C@H]13. The van der Waals surface area contributed by atoms with Crippen molar-refractivity contribution in [1.82, 2.24) is 24.5 Å². The van der Waals surface area contributed by atoms with Crippen molar-refractivity contribution in [3.05, 3.63) is 52.8 Å². The van der Waals surface area contributed by atoms with Gasteiger partial charge in [-0.2, -0.15) is 10.2 Å². The average molecular weight is 538 g/mol. The number of benzene rings is 1. The molecule has 3 fully saturated rings. The maximum Gasteiger partial charge on any atom is 0.410 e. The number of fused-ring (bicyclic) bond motifs is 1. The second-order valence-corrected chi connectivity index (χ2v) is 12.1. The van der Waals surface area contributed by atoms with E-state index < -0.39 is 11.5 Å². The summed E-state index contributed by atoms with van der Waals surface area (Å²) in [7, 11) is 1.78. The molecule has 1 unspecified atom stereocenters. The van der Waals surface area contributed by atoms with Crippen molar-refractivity contribution in [3.63, 3.8) is 0 Å². The summed E-state index contributed by atoms with van der Waals surface area (Å²) >= 11 is 6.13. The number of halogens is 1. The normalized spacial score (nSPS) is 25.4. The Kier molecular flexibility index (Phi) is 5.54. The predicted molar refractivity (Wildman–Crippen MR) is 143 cm³/mol. The minimum Gasteiger partial charge on any atom is -0.444 e. The fraction of sp³-hybridized carbons (Fsp3) is 0.481. The first-order valence-corrected chi connectivity index (χ1v) is 13.2. The number of amides is 2. The van der Waals surface area contributed by atoms with Crippen molar-refractivity contribution in [2.45, 2.75) is 45.4 Å². The first-order valence-electron chi connectivity index (χ1n) is 12.9. The Labute approximate surface area is 226 Å². The van der Waals surface area contributed by atoms with Crippen molar-refractivity contribution in [2.75, 3.05) is 25.5 Å². The van der Waals surface area contributed by atoms with Crippen LogP contribution in [0.3, 0.4) is 0 Å². The number of nitrogens with one attached hydrogen (secondary N) is 1. The Hall–Kier alpha value is -3.53. The quantitative estimate of drug-likeness (QED) is 0.490. The van der Waals surface area contributed by atoms with Gasteiger partial charge in [0.05, 0.1) is 18.8 Å². The molecule has 200 valence electrons. The Bertz CT molecular complexity index is 1440. The van der Waals surface area contributed by atoms with E-state index in [0.717, 1.165) is 17.5 Å². The van der Waals surface area contributed by atoms with Crippen LogP contribution in [-0.4, -0.2) is 62.2 Å². The van der Waals surface area contributed by atoms with Crippen LogP contribution in [-0.2, 0) is 11.3 Å². The molecule has 1 spiro atoms. The molecule has 3 N–H and O–H groups in total. The van der Waals surface area contributed by atoms with Crippen molar-refractivity contribution in [1.29, 1.82) is 0 Å². The molecule has 1 saturated heterocycles. The van der Waals surface area contributed by atoms with Gasteiger partial charge in [-0.25, -0.2) is 9.48 Å². The molecule has 2 aliphatic carbocycles. The molecule has 3 heterocycles. The summed E-state index contributed by atoms with van der Waals surface area (Å²) in [5.41, 5.74) is 8.07. The van der Waals surface area contributed by atoms with Gasteiger partial charge in [0.1, 0.15) is 22.7 Å². The lowest BCUT2D eigenvalue weighted by molar-refractivity contribution is 0.0190. The molecule has 1 aliphatic heterocycles. The van der Waals surface area contributed by atoms with Crippen LogP contribution in [0.5, 0.6) is 0 Å². The van der Waals surface area contributed by atoms with E-state index in [2.05, 4.69) is 10.4 Å². The number of hydrogen-bond acceptors (Lipinski definition) is 6. The predicted octanol–water partition coefficient (Wildman–Crippen LogP) is 4.02. The highest BCUT2D eigenvalue weighted by Gasteiger charge is 2.79. The zero-order valence-corrected chi connectivity index (χ0v) is 22.7. The number of likely N-dealkylation sites (tertiary alicyclic amines) is 1. The van der Waals surface area contributed by atoms with Crippen molar-refractivity contribution < 1.29 is 14.3 Å². The van der Waals surface area contributed by atoms with Crippen LogP contribution in [0.15, 0.2) is 36.7 Å². The van der Waals surface area contributed by atoms with Gasteiger partial charge in [0.2, 0.25) is 0 Å². The molecule has 1 aromatic carbocycles. The van der Waals surface area contributed by atoms with Crippen LogP contribution in [0.1, 0.15) is 49.2 Å². The number of carbonyl (C=O) groups excluding carboxylic acids is 2. The summed E-state index contributed by atoms with van der Waals surface area (Å²) in [5, 5.41) is 13.2. The molecule has 3 aliphatic rings. The molecule has 11 heteroatoms. The van der Waals surface area contributed by atoms with E-state index in [-0.39, 0.29) is 17.6 Å². The summed E-state index contributed by atoms with van der Waals surface area (Å²) < 4.78 is 9.29. The molecular formula is C27H32ClN7O3. The number of aromatic nitrogens is 4. The zero-order valence-electron chi connectivity index (χ0n) is 21.9. The highest BCUT2D eigenvalue weighted by Crippen LogP contribution is 2.79. The van der Waals surface area contributed by atoms with Gasteiger partial charge in [0, 0.05) is 42.3 Å². The molecule has 2 saturated carbocycles. The van der Waals surface area contributed by atoms with Crippen LogP contribution in [0.2, 0.25) is 5.02 Å². The minimum atomic E-state index is -0.542. The molecule has 38 heavy (non-hydrogen) atoms. The summed E-state index contributed by atoms with van der Waals surface area (Å²) in [5.74, 6) is 0.894. The molecule has 4 atom stereocenters. The third-order valence-electron chi connectivity index (χ3n) is 8.13. The maximum atomic E-state index is 12.6.